The number of nitrogens with zero attached hydrogens (tertiary/aromatic N) is 4. The molecule has 0 spiro atoms. The minimum Gasteiger partial charge on any atom is -0.466 e. The van der Waals surface area contributed by atoms with Crippen molar-refractivity contribution in [3.05, 3.63) is 181 Å². The predicted molar refractivity (Wildman–Crippen MR) is 295 cm³/mol. The van der Waals surface area contributed by atoms with E-state index in [1.54, 1.807) is 13.8 Å². The highest BCUT2D eigenvalue weighted by atomic mass is 32.1. The van der Waals surface area contributed by atoms with Gasteiger partial charge in [-0.1, -0.05) is 125 Å². The Morgan fingerprint density at radius 2 is 1.13 bits per heavy atom. The van der Waals surface area contributed by atoms with Gasteiger partial charge in [0.15, 0.2) is 5.11 Å². The standard InChI is InChI=1S/C23H25N4OPS.C23H29N2O3P.C9H14O2/c30-23(25-20-10-4-1-5-11-20)24-16-19-28-29-26(21-12-6-2-7-13-21)17-18-27(29)22-14-8-3-9-15-22;1-4-28-23(26)18-22(17-19(2)3)29(27)24(20-11-7-5-8-12-20)15-16-25(29)21-13-9-6-10-14-21;1-4-11-9(10)7-5-6-8(2)3/h1-15H,16-19H2,(H2,24,25,30);5-14,17,19H,4,15-16,18H2,1-3H3;6-8H,4H2,1-3H3/b;22-17+;. The summed E-state index contributed by atoms with van der Waals surface area (Å²) in [7, 11) is -4.19. The van der Waals surface area contributed by atoms with Crippen LogP contribution in [0.25, 0.3) is 0 Å². The molecule has 0 unspecified atom stereocenters. The molecule has 70 heavy (non-hydrogen) atoms. The Labute approximate surface area is 422 Å². The fourth-order valence-corrected chi connectivity index (χ4v) is 13.0. The van der Waals surface area contributed by atoms with E-state index in [-0.39, 0.29) is 24.3 Å². The van der Waals surface area contributed by atoms with Gasteiger partial charge >= 0.3 is 11.9 Å². The maximum Gasteiger partial charge on any atom is 0.338 e. The zero-order chi connectivity index (χ0) is 50.1. The molecule has 2 saturated heterocycles. The van der Waals surface area contributed by atoms with E-state index < -0.39 is 15.9 Å². The number of allylic oxidation sites excluding steroid dienone is 1. The van der Waals surface area contributed by atoms with E-state index in [0.29, 0.717) is 55.8 Å². The van der Waals surface area contributed by atoms with Gasteiger partial charge < -0.3 is 43.3 Å². The number of hydrogen-bond donors (Lipinski definition) is 2. The smallest absolute Gasteiger partial charge is 0.338 e. The highest BCUT2D eigenvalue weighted by molar-refractivity contribution is 7.80. The van der Waals surface area contributed by atoms with Gasteiger partial charge in [0.2, 0.25) is 8.45 Å². The molecule has 0 atom stereocenters. The monoisotopic (exact) mass is 1000 g/mol. The third kappa shape index (κ3) is 16.8. The van der Waals surface area contributed by atoms with Gasteiger partial charge in [-0.2, -0.15) is 0 Å². The van der Waals surface area contributed by atoms with Crippen molar-refractivity contribution in [2.24, 2.45) is 11.8 Å². The van der Waals surface area contributed by atoms with Crippen molar-refractivity contribution in [3.8, 4) is 0 Å². The van der Waals surface area contributed by atoms with Crippen LogP contribution in [0.2, 0.25) is 0 Å². The number of thiocarbonyl (C=S) groups is 1. The van der Waals surface area contributed by atoms with Crippen molar-refractivity contribution in [1.29, 1.82) is 0 Å². The van der Waals surface area contributed by atoms with Gasteiger partial charge in [0.05, 0.1) is 32.3 Å². The minimum absolute atomic E-state index is 0.0238. The summed E-state index contributed by atoms with van der Waals surface area (Å²) in [5, 5.41) is 7.66. The second kappa shape index (κ2) is 29.1. The average Bonchev–Trinajstić information content (AvgIpc) is 3.96. The lowest BCUT2D eigenvalue weighted by atomic mass is 10.2. The van der Waals surface area contributed by atoms with Crippen LogP contribution in [0.5, 0.6) is 0 Å². The topological polar surface area (TPSA) is 116 Å². The van der Waals surface area contributed by atoms with Gasteiger partial charge in [-0.25, -0.2) is 4.79 Å². The maximum absolute atomic E-state index is 14.8. The predicted octanol–water partition coefficient (Wildman–Crippen LogP) is 12.9. The Bertz CT molecular complexity index is 2400. The molecule has 0 aromatic heterocycles. The Morgan fingerprint density at radius 1 is 0.671 bits per heavy atom. The number of nitrogens with one attached hydrogen (secondary N) is 2. The molecule has 0 amide bonds. The van der Waals surface area contributed by atoms with Crippen molar-refractivity contribution in [1.82, 2.24) is 5.32 Å². The number of ether oxygens (including phenoxy) is 2. The van der Waals surface area contributed by atoms with Crippen LogP contribution in [-0.4, -0.2) is 69.6 Å². The molecule has 2 aliphatic rings. The van der Waals surface area contributed by atoms with E-state index in [2.05, 4.69) is 79.0 Å². The molecule has 2 N–H and O–H groups in total. The first-order chi connectivity index (χ1) is 33.9. The first-order valence-electron chi connectivity index (χ1n) is 23.8. The van der Waals surface area contributed by atoms with Gasteiger partial charge in [0, 0.05) is 66.5 Å². The third-order valence-electron chi connectivity index (χ3n) is 10.4. The summed E-state index contributed by atoms with van der Waals surface area (Å²) in [4.78, 5) is 23.1. The molecule has 2 aliphatic heterocycles. The number of rotatable bonds is 17. The summed E-state index contributed by atoms with van der Waals surface area (Å²) in [6.07, 6.45) is 5.12. The quantitative estimate of drug-likeness (QED) is 0.0230. The third-order valence-corrected chi connectivity index (χ3v) is 16.0. The molecular formula is C55H68N6O6P2S. The highest BCUT2D eigenvalue weighted by Gasteiger charge is 2.47. The largest absolute Gasteiger partial charge is 0.466 e. The van der Waals surface area contributed by atoms with Crippen LogP contribution in [0.1, 0.15) is 48.0 Å². The lowest BCUT2D eigenvalue weighted by molar-refractivity contribution is -0.142. The fourth-order valence-electron chi connectivity index (χ4n) is 7.44. The van der Waals surface area contributed by atoms with Gasteiger partial charge in [-0.3, -0.25) is 9.36 Å². The number of benzene rings is 5. The zero-order valence-corrected chi connectivity index (χ0v) is 43.8. The Hall–Kier alpha value is -6.19. The van der Waals surface area contributed by atoms with Crippen LogP contribution in [0.4, 0.5) is 28.4 Å². The molecule has 2 heterocycles. The molecule has 7 rings (SSSR count). The summed E-state index contributed by atoms with van der Waals surface area (Å²) in [5.41, 5.74) is 7.89. The minimum atomic E-state index is -3.25. The molecule has 0 saturated carbocycles. The fraction of sp³-hybridized carbons (Fsp3) is 0.309. The van der Waals surface area contributed by atoms with Crippen LogP contribution >= 0.6 is 28.1 Å². The first-order valence-corrected chi connectivity index (χ1v) is 27.0. The van der Waals surface area contributed by atoms with E-state index in [0.717, 1.165) is 30.2 Å². The second-order valence-corrected chi connectivity index (χ2v) is 21.3. The molecule has 12 nitrogen and oxygen atoms in total. The van der Waals surface area contributed by atoms with E-state index in [1.807, 2.05) is 152 Å². The van der Waals surface area contributed by atoms with Crippen LogP contribution in [0.3, 0.4) is 0 Å². The van der Waals surface area contributed by atoms with Crippen molar-refractivity contribution < 1.29 is 28.2 Å². The average molecular weight is 1000 g/mol. The van der Waals surface area contributed by atoms with Crippen LogP contribution in [0.15, 0.2) is 181 Å². The summed E-state index contributed by atoms with van der Waals surface area (Å²) in [6, 6.07) is 50.4. The Balaban J connectivity index is 0.000000216. The zero-order valence-electron chi connectivity index (χ0n) is 41.2. The van der Waals surface area contributed by atoms with Crippen molar-refractivity contribution in [3.63, 3.8) is 0 Å². The lowest BCUT2D eigenvalue weighted by Crippen LogP contribution is -2.31. The van der Waals surface area contributed by atoms with Crippen LogP contribution in [0, 0.1) is 11.8 Å². The number of para-hydroxylation sites is 5. The summed E-state index contributed by atoms with van der Waals surface area (Å²) in [5.74, 6) is -0.103. The van der Waals surface area contributed by atoms with Gasteiger partial charge in [-0.15, -0.1) is 5.73 Å². The molecule has 2 fully saturated rings. The van der Waals surface area contributed by atoms with E-state index in [4.69, 9.17) is 21.5 Å². The van der Waals surface area contributed by atoms with Gasteiger partial charge in [-0.05, 0) is 105 Å². The molecule has 0 radical (unpaired) electrons. The van der Waals surface area contributed by atoms with Crippen LogP contribution < -0.4 is 29.3 Å². The van der Waals surface area contributed by atoms with E-state index >= 15 is 0 Å². The molecule has 370 valence electrons. The number of esters is 2. The van der Waals surface area contributed by atoms with Crippen molar-refractivity contribution in [2.45, 2.75) is 48.0 Å². The SMILES string of the molecule is CCOC(=O)C/C(=C\C(C)C)P1(=O)N(c2ccccc2)CCN1c1ccccc1.CCOC(=O)C=C=CC(C)C.S=C(NCCOP1N(c2ccccc2)CCN1c1ccccc1)Nc1ccccc1. The molecule has 5 aromatic rings. The normalized spacial score (nSPS) is 14.1. The highest BCUT2D eigenvalue weighted by Crippen LogP contribution is 2.66. The molecule has 5 aromatic carbocycles. The van der Waals surface area contributed by atoms with Crippen molar-refractivity contribution >= 4 is 73.6 Å². The molecule has 15 heteroatoms. The van der Waals surface area contributed by atoms with Crippen molar-refractivity contribution in [2.75, 3.05) is 76.5 Å². The maximum atomic E-state index is 14.8. The van der Waals surface area contributed by atoms with Gasteiger partial charge in [0.1, 0.15) is 0 Å². The van der Waals surface area contributed by atoms with Crippen LogP contribution in [-0.2, 0) is 28.2 Å². The number of carbonyl (C=O) groups is 2. The summed E-state index contributed by atoms with van der Waals surface area (Å²) in [6.45, 7) is 16.7. The lowest BCUT2D eigenvalue weighted by Gasteiger charge is -2.34. The molecule has 0 bridgehead atoms. The Morgan fingerprint density at radius 3 is 1.57 bits per heavy atom. The molecule has 0 aliphatic carbocycles. The summed E-state index contributed by atoms with van der Waals surface area (Å²) >= 11 is 5.39. The Kier molecular flexibility index (Phi) is 22.8. The number of carbonyl (C=O) groups excluding carboxylic acids is 2. The first kappa shape index (κ1) is 54.7. The van der Waals surface area contributed by atoms with E-state index in [1.165, 1.54) is 17.5 Å². The van der Waals surface area contributed by atoms with Gasteiger partial charge in [0.25, 0.3) is 7.44 Å². The summed E-state index contributed by atoms with van der Waals surface area (Å²) < 4.78 is 39.7. The number of anilines is 5. The second-order valence-electron chi connectivity index (χ2n) is 16.6. The van der Waals surface area contributed by atoms with E-state index in [9.17, 15) is 14.2 Å². The number of hydrogen-bond acceptors (Lipinski definition) is 9. The molecular weight excluding hydrogens is 935 g/mol.